The zero-order valence-electron chi connectivity index (χ0n) is 19.0. The molecule has 160 valence electrons. The predicted molar refractivity (Wildman–Crippen MR) is 130 cm³/mol. The van der Waals surface area contributed by atoms with Crippen molar-refractivity contribution in [2.45, 2.75) is 59.2 Å². The number of fused-ring (bicyclic) bond motifs is 1. The molecule has 1 saturated heterocycles. The van der Waals surface area contributed by atoms with Crippen molar-refractivity contribution in [3.8, 4) is 5.69 Å². The molecule has 2 aliphatic heterocycles. The Morgan fingerprint density at radius 2 is 1.81 bits per heavy atom. The summed E-state index contributed by atoms with van der Waals surface area (Å²) in [6.45, 7) is 11.1. The van der Waals surface area contributed by atoms with Crippen LogP contribution in [0.1, 0.15) is 59.2 Å². The normalized spacial score (nSPS) is 22.7. The fraction of sp³-hybridized carbons (Fsp3) is 0.385. The highest BCUT2D eigenvalue weighted by atomic mass is 32.2. The molecular formula is C26H30N4S. The molecule has 4 heterocycles. The summed E-state index contributed by atoms with van der Waals surface area (Å²) in [5.41, 5.74) is 8.83. The Balaban J connectivity index is 1.65. The van der Waals surface area contributed by atoms with Crippen LogP contribution >= 0.6 is 11.8 Å². The molecule has 0 aliphatic carbocycles. The van der Waals surface area contributed by atoms with Crippen molar-refractivity contribution in [3.63, 3.8) is 0 Å². The molecule has 4 nitrogen and oxygen atoms in total. The van der Waals surface area contributed by atoms with Gasteiger partial charge in [0.2, 0.25) is 0 Å². The fourth-order valence-electron chi connectivity index (χ4n) is 5.25. The van der Waals surface area contributed by atoms with Gasteiger partial charge in [0.05, 0.1) is 11.7 Å². The first-order valence-electron chi connectivity index (χ1n) is 11.1. The second-order valence-corrected chi connectivity index (χ2v) is 9.83. The lowest BCUT2D eigenvalue weighted by atomic mass is 9.95. The van der Waals surface area contributed by atoms with Gasteiger partial charge in [-0.2, -0.15) is 0 Å². The van der Waals surface area contributed by atoms with E-state index in [9.17, 15) is 0 Å². The van der Waals surface area contributed by atoms with Crippen LogP contribution < -0.4 is 0 Å². The number of hydrogen-bond acceptors (Lipinski definition) is 4. The molecule has 0 N–H and O–H groups in total. The number of hydrogen-bond donors (Lipinski definition) is 0. The summed E-state index contributed by atoms with van der Waals surface area (Å²) in [6.07, 6.45) is 3.02. The van der Waals surface area contributed by atoms with Gasteiger partial charge in [-0.25, -0.2) is 0 Å². The van der Waals surface area contributed by atoms with Gasteiger partial charge in [-0.05, 0) is 81.1 Å². The molecule has 0 radical (unpaired) electrons. The van der Waals surface area contributed by atoms with Crippen LogP contribution in [-0.4, -0.2) is 31.4 Å². The monoisotopic (exact) mass is 430 g/mol. The summed E-state index contributed by atoms with van der Waals surface area (Å²) < 4.78 is 2.41. The third kappa shape index (κ3) is 3.39. The van der Waals surface area contributed by atoms with Crippen molar-refractivity contribution in [3.05, 3.63) is 82.4 Å². The fourth-order valence-corrected chi connectivity index (χ4v) is 6.59. The Hall–Kier alpha value is -2.53. The Morgan fingerprint density at radius 3 is 2.48 bits per heavy atom. The SMILES string of the molecule is CCC1CSC2=NC(c3ccccn3)C(c3cc(C)n(-c4cc(C)cc(C)c4)c3C)N21. The minimum atomic E-state index is 0.0336. The molecule has 5 heteroatoms. The smallest absolute Gasteiger partial charge is 0.160 e. The largest absolute Gasteiger partial charge is 0.338 e. The molecule has 2 aliphatic rings. The molecule has 2 aromatic heterocycles. The predicted octanol–water partition coefficient (Wildman–Crippen LogP) is 6.09. The zero-order chi connectivity index (χ0) is 21.7. The molecular weight excluding hydrogens is 400 g/mol. The van der Waals surface area contributed by atoms with E-state index in [1.165, 1.54) is 38.9 Å². The molecule has 3 unspecified atom stereocenters. The molecule has 0 spiro atoms. The second kappa shape index (κ2) is 7.86. The van der Waals surface area contributed by atoms with Gasteiger partial charge in [-0.15, -0.1) is 0 Å². The van der Waals surface area contributed by atoms with Crippen molar-refractivity contribution in [1.82, 2.24) is 14.5 Å². The summed E-state index contributed by atoms with van der Waals surface area (Å²) in [6, 6.07) is 16.1. The number of nitrogens with zero attached hydrogens (tertiary/aromatic N) is 4. The van der Waals surface area contributed by atoms with E-state index in [4.69, 9.17) is 9.98 Å². The van der Waals surface area contributed by atoms with Crippen LogP contribution in [0, 0.1) is 27.7 Å². The van der Waals surface area contributed by atoms with Crippen molar-refractivity contribution in [1.29, 1.82) is 0 Å². The molecule has 5 rings (SSSR count). The Morgan fingerprint density at radius 1 is 1.03 bits per heavy atom. The van der Waals surface area contributed by atoms with E-state index in [-0.39, 0.29) is 12.1 Å². The van der Waals surface area contributed by atoms with E-state index in [0.717, 1.165) is 17.9 Å². The quantitative estimate of drug-likeness (QED) is 0.502. The first-order valence-corrected chi connectivity index (χ1v) is 12.1. The minimum absolute atomic E-state index is 0.0336. The lowest BCUT2D eigenvalue weighted by molar-refractivity contribution is 0.254. The van der Waals surface area contributed by atoms with Crippen LogP contribution in [0.5, 0.6) is 0 Å². The highest BCUT2D eigenvalue weighted by Gasteiger charge is 2.46. The zero-order valence-corrected chi connectivity index (χ0v) is 19.8. The van der Waals surface area contributed by atoms with Gasteiger partial charge in [-0.1, -0.05) is 30.8 Å². The lowest BCUT2D eigenvalue weighted by Gasteiger charge is -2.32. The van der Waals surface area contributed by atoms with E-state index in [0.29, 0.717) is 6.04 Å². The van der Waals surface area contributed by atoms with E-state index in [2.05, 4.69) is 80.5 Å². The summed E-state index contributed by atoms with van der Waals surface area (Å²) in [7, 11) is 0. The molecule has 0 amide bonds. The number of aliphatic imine (C=N–C) groups is 1. The number of pyridine rings is 1. The maximum absolute atomic E-state index is 5.19. The lowest BCUT2D eigenvalue weighted by Crippen LogP contribution is -2.35. The van der Waals surface area contributed by atoms with Gasteiger partial charge in [0.1, 0.15) is 6.04 Å². The summed E-state index contributed by atoms with van der Waals surface area (Å²) in [5.74, 6) is 1.12. The number of benzene rings is 1. The van der Waals surface area contributed by atoms with E-state index >= 15 is 0 Å². The van der Waals surface area contributed by atoms with Crippen molar-refractivity contribution in [2.24, 2.45) is 4.99 Å². The van der Waals surface area contributed by atoms with Gasteiger partial charge in [0.15, 0.2) is 5.17 Å². The minimum Gasteiger partial charge on any atom is -0.338 e. The summed E-state index contributed by atoms with van der Waals surface area (Å²) in [4.78, 5) is 12.5. The van der Waals surface area contributed by atoms with Crippen molar-refractivity contribution >= 4 is 16.9 Å². The van der Waals surface area contributed by atoms with E-state index in [1.807, 2.05) is 24.0 Å². The Kier molecular flexibility index (Phi) is 5.17. The highest BCUT2D eigenvalue weighted by molar-refractivity contribution is 8.14. The first-order chi connectivity index (χ1) is 15.0. The van der Waals surface area contributed by atoms with Crippen LogP contribution in [0.4, 0.5) is 0 Å². The Labute approximate surface area is 189 Å². The van der Waals surface area contributed by atoms with Gasteiger partial charge < -0.3 is 9.47 Å². The van der Waals surface area contributed by atoms with Crippen molar-refractivity contribution < 1.29 is 0 Å². The number of amidine groups is 1. The van der Waals surface area contributed by atoms with Gasteiger partial charge in [0.25, 0.3) is 0 Å². The number of aryl methyl sites for hydroxylation is 3. The van der Waals surface area contributed by atoms with Crippen LogP contribution in [0.25, 0.3) is 5.69 Å². The second-order valence-electron chi connectivity index (χ2n) is 8.84. The Bertz CT molecular complexity index is 1130. The molecule has 1 aromatic carbocycles. The van der Waals surface area contributed by atoms with E-state index < -0.39 is 0 Å². The third-order valence-electron chi connectivity index (χ3n) is 6.58. The van der Waals surface area contributed by atoms with Gasteiger partial charge in [0, 0.05) is 35.1 Å². The van der Waals surface area contributed by atoms with Gasteiger partial charge in [-0.3, -0.25) is 9.98 Å². The average Bonchev–Trinajstić information content (AvgIpc) is 3.39. The van der Waals surface area contributed by atoms with Gasteiger partial charge >= 0.3 is 0 Å². The number of thioether (sulfide) groups is 1. The first kappa shape index (κ1) is 20.4. The molecule has 31 heavy (non-hydrogen) atoms. The number of aromatic nitrogens is 2. The molecule has 3 atom stereocenters. The molecule has 0 saturated carbocycles. The maximum Gasteiger partial charge on any atom is 0.160 e. The summed E-state index contributed by atoms with van der Waals surface area (Å²) >= 11 is 1.90. The highest BCUT2D eigenvalue weighted by Crippen LogP contribution is 2.49. The van der Waals surface area contributed by atoms with Crippen molar-refractivity contribution in [2.75, 3.05) is 5.75 Å². The molecule has 0 bridgehead atoms. The van der Waals surface area contributed by atoms with Crippen LogP contribution in [0.3, 0.4) is 0 Å². The topological polar surface area (TPSA) is 33.4 Å². The van der Waals surface area contributed by atoms with Crippen LogP contribution in [-0.2, 0) is 0 Å². The molecule has 1 fully saturated rings. The third-order valence-corrected chi connectivity index (χ3v) is 7.71. The number of rotatable bonds is 4. The average molecular weight is 431 g/mol. The van der Waals surface area contributed by atoms with Crippen LogP contribution in [0.15, 0.2) is 53.7 Å². The maximum atomic E-state index is 5.19. The standard InChI is InChI=1S/C26H30N4S/c1-6-20-15-31-26-28-24(23-9-7-8-10-27-23)25(30(20)26)22-14-18(4)29(19(22)5)21-12-16(2)11-17(3)13-21/h7-14,20,24-25H,6,15H2,1-5H3. The van der Waals surface area contributed by atoms with Crippen LogP contribution in [0.2, 0.25) is 0 Å². The van der Waals surface area contributed by atoms with E-state index in [1.54, 1.807) is 0 Å². The molecule has 3 aromatic rings. The summed E-state index contributed by atoms with van der Waals surface area (Å²) in [5, 5.41) is 1.18.